The standard InChI is InChI=1S/C25H31N3O5/c1-30-20-6-7-21-18(15-20)9-10-28(21)17-23(29)27-13-11-26(12-14-27)16-19-5-8-22(31-2)25(33-4)24(19)32-3/h5-10,15H,11-14,16-17H2,1-4H3. The van der Waals surface area contributed by atoms with Crippen molar-refractivity contribution >= 4 is 16.8 Å². The van der Waals surface area contributed by atoms with Crippen LogP contribution < -0.4 is 18.9 Å². The summed E-state index contributed by atoms with van der Waals surface area (Å²) in [5, 5.41) is 1.07. The molecule has 1 fully saturated rings. The van der Waals surface area contributed by atoms with Gasteiger partial charge in [0.2, 0.25) is 11.7 Å². The molecule has 0 saturated carbocycles. The summed E-state index contributed by atoms with van der Waals surface area (Å²) in [7, 11) is 6.51. The summed E-state index contributed by atoms with van der Waals surface area (Å²) in [6, 6.07) is 11.8. The number of amides is 1. The van der Waals surface area contributed by atoms with Crippen LogP contribution in [-0.2, 0) is 17.9 Å². The molecule has 3 aromatic rings. The van der Waals surface area contributed by atoms with Crippen LogP contribution in [0.3, 0.4) is 0 Å². The Morgan fingerprint density at radius 3 is 2.27 bits per heavy atom. The molecule has 1 saturated heterocycles. The zero-order valence-electron chi connectivity index (χ0n) is 19.7. The summed E-state index contributed by atoms with van der Waals surface area (Å²) in [4.78, 5) is 17.2. The van der Waals surface area contributed by atoms with Crippen molar-refractivity contribution in [1.82, 2.24) is 14.4 Å². The van der Waals surface area contributed by atoms with Gasteiger partial charge in [0.25, 0.3) is 0 Å². The van der Waals surface area contributed by atoms with Crippen LogP contribution in [0.15, 0.2) is 42.6 Å². The third-order valence-corrected chi connectivity index (χ3v) is 6.19. The van der Waals surface area contributed by atoms with E-state index in [0.717, 1.165) is 41.9 Å². The van der Waals surface area contributed by atoms with Gasteiger partial charge < -0.3 is 28.4 Å². The van der Waals surface area contributed by atoms with Gasteiger partial charge >= 0.3 is 0 Å². The lowest BCUT2D eigenvalue weighted by Crippen LogP contribution is -2.49. The second-order valence-corrected chi connectivity index (χ2v) is 8.02. The van der Waals surface area contributed by atoms with Crippen molar-refractivity contribution in [2.24, 2.45) is 0 Å². The third-order valence-electron chi connectivity index (χ3n) is 6.19. The molecule has 0 unspecified atom stereocenters. The number of nitrogens with zero attached hydrogens (tertiary/aromatic N) is 3. The lowest BCUT2D eigenvalue weighted by Gasteiger charge is -2.35. The van der Waals surface area contributed by atoms with Gasteiger partial charge in [0, 0.05) is 55.4 Å². The molecule has 2 aromatic carbocycles. The van der Waals surface area contributed by atoms with Gasteiger partial charge in [0.1, 0.15) is 12.3 Å². The Morgan fingerprint density at radius 1 is 0.848 bits per heavy atom. The van der Waals surface area contributed by atoms with E-state index in [1.807, 2.05) is 52.1 Å². The molecular formula is C25H31N3O5. The second kappa shape index (κ2) is 10.0. The molecule has 0 atom stereocenters. The fourth-order valence-electron chi connectivity index (χ4n) is 4.37. The van der Waals surface area contributed by atoms with Crippen LogP contribution in [0.25, 0.3) is 10.9 Å². The predicted molar refractivity (Wildman–Crippen MR) is 126 cm³/mol. The van der Waals surface area contributed by atoms with Gasteiger partial charge in [-0.3, -0.25) is 9.69 Å². The van der Waals surface area contributed by atoms with Gasteiger partial charge in [0.15, 0.2) is 11.5 Å². The average molecular weight is 454 g/mol. The summed E-state index contributed by atoms with van der Waals surface area (Å²) >= 11 is 0. The van der Waals surface area contributed by atoms with Crippen molar-refractivity contribution in [3.63, 3.8) is 0 Å². The number of aromatic nitrogens is 1. The maximum Gasteiger partial charge on any atom is 0.242 e. The molecule has 4 rings (SSSR count). The lowest BCUT2D eigenvalue weighted by atomic mass is 10.1. The molecule has 2 heterocycles. The molecule has 0 spiro atoms. The SMILES string of the molecule is COc1ccc2c(ccn2CC(=O)N2CCN(Cc3ccc(OC)c(OC)c3OC)CC2)c1. The molecule has 0 N–H and O–H groups in total. The fourth-order valence-corrected chi connectivity index (χ4v) is 4.37. The van der Waals surface area contributed by atoms with Gasteiger partial charge in [-0.05, 0) is 30.3 Å². The molecular weight excluding hydrogens is 422 g/mol. The number of hydrogen-bond donors (Lipinski definition) is 0. The molecule has 8 heteroatoms. The van der Waals surface area contributed by atoms with Crippen LogP contribution >= 0.6 is 0 Å². The first-order valence-electron chi connectivity index (χ1n) is 11.0. The van der Waals surface area contributed by atoms with Crippen LogP contribution in [0.4, 0.5) is 0 Å². The van der Waals surface area contributed by atoms with Crippen molar-refractivity contribution in [3.8, 4) is 23.0 Å². The van der Waals surface area contributed by atoms with Crippen molar-refractivity contribution in [2.75, 3.05) is 54.6 Å². The number of carbonyl (C=O) groups excluding carboxylic acids is 1. The summed E-state index contributed by atoms with van der Waals surface area (Å²) in [5.74, 6) is 2.87. The Labute approximate surface area is 194 Å². The first-order chi connectivity index (χ1) is 16.1. The number of piperazine rings is 1. The topological polar surface area (TPSA) is 65.4 Å². The van der Waals surface area contributed by atoms with Crippen LogP contribution in [0.1, 0.15) is 5.56 Å². The van der Waals surface area contributed by atoms with E-state index in [1.165, 1.54) is 0 Å². The maximum absolute atomic E-state index is 13.0. The minimum absolute atomic E-state index is 0.131. The first kappa shape index (κ1) is 22.8. The number of benzene rings is 2. The molecule has 33 heavy (non-hydrogen) atoms. The summed E-state index contributed by atoms with van der Waals surface area (Å²) in [6.07, 6.45) is 1.96. The minimum atomic E-state index is 0.131. The Hall–Kier alpha value is -3.39. The first-order valence-corrected chi connectivity index (χ1v) is 11.0. The Kier molecular flexibility index (Phi) is 6.93. The summed E-state index contributed by atoms with van der Waals surface area (Å²) in [6.45, 7) is 4.04. The zero-order valence-corrected chi connectivity index (χ0v) is 19.7. The van der Waals surface area contributed by atoms with E-state index in [9.17, 15) is 4.79 Å². The zero-order chi connectivity index (χ0) is 23.4. The highest BCUT2D eigenvalue weighted by molar-refractivity contribution is 5.84. The lowest BCUT2D eigenvalue weighted by molar-refractivity contribution is -0.133. The normalized spacial score (nSPS) is 14.4. The van der Waals surface area contributed by atoms with E-state index >= 15 is 0 Å². The van der Waals surface area contributed by atoms with E-state index in [0.29, 0.717) is 36.9 Å². The second-order valence-electron chi connectivity index (χ2n) is 8.02. The third kappa shape index (κ3) is 4.71. The number of ether oxygens (including phenoxy) is 4. The number of hydrogen-bond acceptors (Lipinski definition) is 6. The molecule has 1 amide bonds. The predicted octanol–water partition coefficient (Wildman–Crippen LogP) is 3.02. The van der Waals surface area contributed by atoms with Crippen LogP contribution in [-0.4, -0.2) is 74.9 Å². The van der Waals surface area contributed by atoms with Gasteiger partial charge in [-0.25, -0.2) is 0 Å². The summed E-state index contributed by atoms with van der Waals surface area (Å²) in [5.41, 5.74) is 2.06. The van der Waals surface area contributed by atoms with Crippen LogP contribution in [0.5, 0.6) is 23.0 Å². The average Bonchev–Trinajstić information content (AvgIpc) is 3.25. The molecule has 8 nitrogen and oxygen atoms in total. The van der Waals surface area contributed by atoms with Gasteiger partial charge in [-0.2, -0.15) is 0 Å². The van der Waals surface area contributed by atoms with Gasteiger partial charge in [-0.15, -0.1) is 0 Å². The Bertz CT molecular complexity index is 1120. The molecule has 0 aliphatic carbocycles. The highest BCUT2D eigenvalue weighted by Gasteiger charge is 2.24. The van der Waals surface area contributed by atoms with Crippen LogP contribution in [0, 0.1) is 0 Å². The van der Waals surface area contributed by atoms with Crippen LogP contribution in [0.2, 0.25) is 0 Å². The van der Waals surface area contributed by atoms with Crippen molar-refractivity contribution in [2.45, 2.75) is 13.1 Å². The fraction of sp³-hybridized carbons (Fsp3) is 0.400. The molecule has 0 bridgehead atoms. The van der Waals surface area contributed by atoms with E-state index in [-0.39, 0.29) is 5.91 Å². The highest BCUT2D eigenvalue weighted by Crippen LogP contribution is 2.40. The Morgan fingerprint density at radius 2 is 1.61 bits per heavy atom. The number of fused-ring (bicyclic) bond motifs is 1. The van der Waals surface area contributed by atoms with E-state index < -0.39 is 0 Å². The van der Waals surface area contributed by atoms with E-state index in [2.05, 4.69) is 4.90 Å². The van der Waals surface area contributed by atoms with Crippen molar-refractivity contribution in [3.05, 3.63) is 48.2 Å². The molecule has 1 aliphatic rings. The molecule has 1 aromatic heterocycles. The number of methoxy groups -OCH3 is 4. The molecule has 0 radical (unpaired) electrons. The smallest absolute Gasteiger partial charge is 0.242 e. The van der Waals surface area contributed by atoms with E-state index in [4.69, 9.17) is 18.9 Å². The van der Waals surface area contributed by atoms with Crippen molar-refractivity contribution in [1.29, 1.82) is 0 Å². The number of rotatable bonds is 8. The Balaban J connectivity index is 1.37. The maximum atomic E-state index is 13.0. The van der Waals surface area contributed by atoms with Gasteiger partial charge in [-0.1, -0.05) is 6.07 Å². The quantitative estimate of drug-likeness (QED) is 0.523. The summed E-state index contributed by atoms with van der Waals surface area (Å²) < 4.78 is 23.8. The van der Waals surface area contributed by atoms with E-state index in [1.54, 1.807) is 28.4 Å². The molecule has 176 valence electrons. The highest BCUT2D eigenvalue weighted by atomic mass is 16.5. The molecule has 1 aliphatic heterocycles. The monoisotopic (exact) mass is 453 g/mol. The minimum Gasteiger partial charge on any atom is -0.497 e. The largest absolute Gasteiger partial charge is 0.497 e. The van der Waals surface area contributed by atoms with Crippen molar-refractivity contribution < 1.29 is 23.7 Å². The van der Waals surface area contributed by atoms with Gasteiger partial charge in [0.05, 0.1) is 28.4 Å². The number of carbonyl (C=O) groups is 1.